The van der Waals surface area contributed by atoms with Gasteiger partial charge in [-0.25, -0.2) is 4.98 Å². The van der Waals surface area contributed by atoms with Crippen LogP contribution in [0.3, 0.4) is 0 Å². The van der Waals surface area contributed by atoms with Crippen molar-refractivity contribution in [1.82, 2.24) is 10.3 Å². The highest BCUT2D eigenvalue weighted by atomic mass is 32.2. The van der Waals surface area contributed by atoms with Crippen LogP contribution in [0.15, 0.2) is 15.9 Å². The zero-order chi connectivity index (χ0) is 13.0. The molecule has 1 aromatic rings. The van der Waals surface area contributed by atoms with Gasteiger partial charge in [-0.3, -0.25) is 4.79 Å². The molecule has 1 aliphatic rings. The fourth-order valence-corrected chi connectivity index (χ4v) is 3.97. The first-order valence-corrected chi connectivity index (χ1v) is 7.98. The lowest BCUT2D eigenvalue weighted by Gasteiger charge is -2.30. The Balaban J connectivity index is 2.06. The van der Waals surface area contributed by atoms with Crippen LogP contribution in [0.25, 0.3) is 0 Å². The fourth-order valence-electron chi connectivity index (χ4n) is 2.02. The van der Waals surface area contributed by atoms with E-state index >= 15 is 0 Å². The number of nitrogens with one attached hydrogen (secondary N) is 1. The zero-order valence-corrected chi connectivity index (χ0v) is 12.3. The van der Waals surface area contributed by atoms with E-state index in [2.05, 4.69) is 10.3 Å². The lowest BCUT2D eigenvalue weighted by Crippen LogP contribution is -2.55. The highest BCUT2D eigenvalue weighted by Crippen LogP contribution is 2.43. The van der Waals surface area contributed by atoms with Crippen molar-refractivity contribution in [3.05, 3.63) is 11.6 Å². The SMILES string of the molecule is CCOC(=O)C(CSc1nccs1)(NC)C1CC1. The van der Waals surface area contributed by atoms with Crippen LogP contribution in [0.1, 0.15) is 19.8 Å². The van der Waals surface area contributed by atoms with Crippen LogP contribution < -0.4 is 5.32 Å². The van der Waals surface area contributed by atoms with E-state index in [-0.39, 0.29) is 5.97 Å². The van der Waals surface area contributed by atoms with Crippen molar-refractivity contribution in [2.45, 2.75) is 29.6 Å². The van der Waals surface area contributed by atoms with Crippen molar-refractivity contribution >= 4 is 29.1 Å². The molecular formula is C12H18N2O2S2. The van der Waals surface area contributed by atoms with Crippen LogP contribution in [-0.4, -0.2) is 35.9 Å². The number of thiazole rings is 1. The van der Waals surface area contributed by atoms with E-state index in [1.807, 2.05) is 19.4 Å². The van der Waals surface area contributed by atoms with Gasteiger partial charge in [-0.1, -0.05) is 11.8 Å². The van der Waals surface area contributed by atoms with Crippen molar-refractivity contribution in [2.75, 3.05) is 19.4 Å². The summed E-state index contributed by atoms with van der Waals surface area (Å²) < 4.78 is 6.24. The van der Waals surface area contributed by atoms with Crippen molar-refractivity contribution in [3.63, 3.8) is 0 Å². The van der Waals surface area contributed by atoms with Crippen molar-refractivity contribution < 1.29 is 9.53 Å². The van der Waals surface area contributed by atoms with E-state index in [9.17, 15) is 4.79 Å². The van der Waals surface area contributed by atoms with E-state index in [1.165, 1.54) is 0 Å². The largest absolute Gasteiger partial charge is 0.465 e. The number of ether oxygens (including phenoxy) is 1. The molecule has 1 atom stereocenters. The molecule has 0 saturated heterocycles. The minimum atomic E-state index is -0.549. The van der Waals surface area contributed by atoms with Crippen LogP contribution in [0.4, 0.5) is 0 Å². The average molecular weight is 286 g/mol. The summed E-state index contributed by atoms with van der Waals surface area (Å²) in [5, 5.41) is 5.16. The minimum Gasteiger partial charge on any atom is -0.465 e. The van der Waals surface area contributed by atoms with Gasteiger partial charge in [0.05, 0.1) is 6.61 Å². The molecule has 1 N–H and O–H groups in total. The fraction of sp³-hybridized carbons (Fsp3) is 0.667. The van der Waals surface area contributed by atoms with Gasteiger partial charge < -0.3 is 10.1 Å². The monoisotopic (exact) mass is 286 g/mol. The summed E-state index contributed by atoms with van der Waals surface area (Å²) in [7, 11) is 1.84. The second kappa shape index (κ2) is 6.04. The summed E-state index contributed by atoms with van der Waals surface area (Å²) >= 11 is 3.23. The van der Waals surface area contributed by atoms with Crippen LogP contribution in [0.2, 0.25) is 0 Å². The molecule has 1 fully saturated rings. The molecule has 0 bridgehead atoms. The third kappa shape index (κ3) is 2.87. The predicted molar refractivity (Wildman–Crippen MR) is 74.0 cm³/mol. The van der Waals surface area contributed by atoms with E-state index in [0.29, 0.717) is 18.3 Å². The molecular weight excluding hydrogens is 268 g/mol. The lowest BCUT2D eigenvalue weighted by molar-refractivity contribution is -0.150. The molecule has 1 aliphatic carbocycles. The Morgan fingerprint density at radius 3 is 3.00 bits per heavy atom. The number of hydrogen-bond acceptors (Lipinski definition) is 6. The summed E-state index contributed by atoms with van der Waals surface area (Å²) in [6.07, 6.45) is 3.98. The van der Waals surface area contributed by atoms with Gasteiger partial charge in [-0.15, -0.1) is 11.3 Å². The van der Waals surface area contributed by atoms with Gasteiger partial charge in [0.1, 0.15) is 9.88 Å². The molecule has 18 heavy (non-hydrogen) atoms. The summed E-state index contributed by atoms with van der Waals surface area (Å²) in [6.45, 7) is 2.27. The summed E-state index contributed by atoms with van der Waals surface area (Å²) in [6, 6.07) is 0. The highest BCUT2D eigenvalue weighted by molar-refractivity contribution is 8.01. The Hall–Kier alpha value is -0.590. The van der Waals surface area contributed by atoms with Gasteiger partial charge in [0.2, 0.25) is 0 Å². The summed E-state index contributed by atoms with van der Waals surface area (Å²) in [4.78, 5) is 16.5. The minimum absolute atomic E-state index is 0.126. The maximum Gasteiger partial charge on any atom is 0.327 e. The van der Waals surface area contributed by atoms with Crippen molar-refractivity contribution in [3.8, 4) is 0 Å². The normalized spacial score (nSPS) is 18.3. The number of nitrogens with zero attached hydrogens (tertiary/aromatic N) is 1. The molecule has 4 nitrogen and oxygen atoms in total. The molecule has 0 spiro atoms. The number of hydrogen-bond donors (Lipinski definition) is 1. The molecule has 1 saturated carbocycles. The number of carbonyl (C=O) groups is 1. The number of esters is 1. The third-order valence-electron chi connectivity index (χ3n) is 3.19. The van der Waals surface area contributed by atoms with E-state index in [0.717, 1.165) is 17.2 Å². The summed E-state index contributed by atoms with van der Waals surface area (Å²) in [5.74, 6) is 0.952. The van der Waals surface area contributed by atoms with Gasteiger partial charge in [0.25, 0.3) is 0 Å². The maximum atomic E-state index is 12.2. The van der Waals surface area contributed by atoms with Gasteiger partial charge in [-0.2, -0.15) is 0 Å². The van der Waals surface area contributed by atoms with Gasteiger partial charge in [0, 0.05) is 17.3 Å². The molecule has 100 valence electrons. The first kappa shape index (κ1) is 13.8. The average Bonchev–Trinajstić information content (AvgIpc) is 3.08. The standard InChI is InChI=1S/C12H18N2O2S2/c1-3-16-10(15)12(13-2,9-4-5-9)8-18-11-14-6-7-17-11/h6-7,9,13H,3-5,8H2,1-2H3. The quantitative estimate of drug-likeness (QED) is 0.615. The first-order chi connectivity index (χ1) is 8.73. The van der Waals surface area contributed by atoms with Gasteiger partial charge in [-0.05, 0) is 32.7 Å². The van der Waals surface area contributed by atoms with E-state index in [1.54, 1.807) is 29.3 Å². The summed E-state index contributed by atoms with van der Waals surface area (Å²) in [5.41, 5.74) is -0.549. The van der Waals surface area contributed by atoms with Gasteiger partial charge >= 0.3 is 5.97 Å². The highest BCUT2D eigenvalue weighted by Gasteiger charge is 2.51. The molecule has 1 aromatic heterocycles. The Bertz CT molecular complexity index is 393. The topological polar surface area (TPSA) is 51.2 Å². The predicted octanol–water partition coefficient (Wildman–Crippen LogP) is 2.17. The lowest BCUT2D eigenvalue weighted by atomic mass is 9.96. The van der Waals surface area contributed by atoms with Crippen LogP contribution in [0, 0.1) is 5.92 Å². The van der Waals surface area contributed by atoms with Gasteiger partial charge in [0.15, 0.2) is 0 Å². The maximum absolute atomic E-state index is 12.2. The molecule has 0 amide bonds. The number of thioether (sulfide) groups is 1. The number of likely N-dealkylation sites (N-methyl/N-ethyl adjacent to an activating group) is 1. The Kier molecular flexibility index (Phi) is 4.64. The van der Waals surface area contributed by atoms with Crippen molar-refractivity contribution in [2.24, 2.45) is 5.92 Å². The Morgan fingerprint density at radius 2 is 2.50 bits per heavy atom. The molecule has 0 aliphatic heterocycles. The Morgan fingerprint density at radius 1 is 1.72 bits per heavy atom. The van der Waals surface area contributed by atoms with Crippen LogP contribution >= 0.6 is 23.1 Å². The second-order valence-electron chi connectivity index (χ2n) is 4.30. The molecule has 0 aromatic carbocycles. The Labute approximate surface area is 116 Å². The smallest absolute Gasteiger partial charge is 0.327 e. The second-order valence-corrected chi connectivity index (χ2v) is 6.42. The zero-order valence-electron chi connectivity index (χ0n) is 10.6. The molecule has 2 rings (SSSR count). The van der Waals surface area contributed by atoms with Crippen LogP contribution in [0.5, 0.6) is 0 Å². The third-order valence-corrected chi connectivity index (χ3v) is 5.35. The molecule has 0 radical (unpaired) electrons. The number of aromatic nitrogens is 1. The number of rotatable bonds is 7. The molecule has 1 unspecified atom stereocenters. The molecule has 1 heterocycles. The first-order valence-electron chi connectivity index (χ1n) is 6.11. The molecule has 6 heteroatoms. The van der Waals surface area contributed by atoms with Crippen molar-refractivity contribution in [1.29, 1.82) is 0 Å². The van der Waals surface area contributed by atoms with E-state index in [4.69, 9.17) is 4.74 Å². The number of carbonyl (C=O) groups excluding carboxylic acids is 1. The van der Waals surface area contributed by atoms with Crippen LogP contribution in [-0.2, 0) is 9.53 Å². The van der Waals surface area contributed by atoms with E-state index < -0.39 is 5.54 Å².